The molecule has 0 heterocycles. The van der Waals surface area contributed by atoms with Gasteiger partial charge in [-0.25, -0.2) is 0 Å². The first-order valence-electron chi connectivity index (χ1n) is 4.31. The Labute approximate surface area is 74.7 Å². The molecular weight excluding hydrogens is 146 g/mol. The minimum atomic E-state index is 0.355. The first kappa shape index (κ1) is 9.11. The highest BCUT2D eigenvalue weighted by atomic mass is 14.6. The van der Waals surface area contributed by atoms with Crippen molar-refractivity contribution >= 4 is 0 Å². The lowest BCUT2D eigenvalue weighted by Crippen LogP contribution is -2.13. The highest BCUT2D eigenvalue weighted by Gasteiger charge is 2.15. The highest BCUT2D eigenvalue weighted by Crippen LogP contribution is 2.29. The first-order chi connectivity index (χ1) is 5.52. The second-order valence-electron chi connectivity index (χ2n) is 3.64. The molecule has 1 heteroatoms. The standard InChI is InChI=1S/C11H17N/c1-7-5-11(10(4)12)6-8(2)9(7)3/h5,11H,4,6,12H2,1-3H3. The monoisotopic (exact) mass is 163 g/mol. The van der Waals surface area contributed by atoms with Crippen LogP contribution in [0.3, 0.4) is 0 Å². The van der Waals surface area contributed by atoms with Crippen molar-refractivity contribution in [3.63, 3.8) is 0 Å². The molecule has 0 amide bonds. The van der Waals surface area contributed by atoms with E-state index in [0.717, 1.165) is 12.1 Å². The summed E-state index contributed by atoms with van der Waals surface area (Å²) in [4.78, 5) is 0. The Bertz CT molecular complexity index is 269. The molecule has 66 valence electrons. The summed E-state index contributed by atoms with van der Waals surface area (Å²) in [5.74, 6) is 0.355. The maximum atomic E-state index is 5.68. The molecule has 1 unspecified atom stereocenters. The van der Waals surface area contributed by atoms with E-state index in [4.69, 9.17) is 5.73 Å². The molecule has 0 aromatic rings. The lowest BCUT2D eigenvalue weighted by atomic mass is 9.85. The Morgan fingerprint density at radius 2 is 2.08 bits per heavy atom. The zero-order chi connectivity index (χ0) is 9.30. The summed E-state index contributed by atoms with van der Waals surface area (Å²) in [6.45, 7) is 10.2. The smallest absolute Gasteiger partial charge is 0.0201 e. The van der Waals surface area contributed by atoms with Gasteiger partial charge >= 0.3 is 0 Å². The third-order valence-electron chi connectivity index (χ3n) is 2.69. The average Bonchev–Trinajstić information content (AvgIpc) is 1.99. The summed E-state index contributed by atoms with van der Waals surface area (Å²) in [5, 5.41) is 0. The topological polar surface area (TPSA) is 26.0 Å². The van der Waals surface area contributed by atoms with Gasteiger partial charge in [0.25, 0.3) is 0 Å². The van der Waals surface area contributed by atoms with Crippen LogP contribution in [0.2, 0.25) is 0 Å². The van der Waals surface area contributed by atoms with Crippen molar-refractivity contribution in [2.24, 2.45) is 11.7 Å². The van der Waals surface area contributed by atoms with E-state index >= 15 is 0 Å². The maximum Gasteiger partial charge on any atom is 0.0201 e. The van der Waals surface area contributed by atoms with Crippen LogP contribution in [0.25, 0.3) is 0 Å². The Balaban J connectivity index is 2.91. The van der Waals surface area contributed by atoms with Gasteiger partial charge in [-0.05, 0) is 32.8 Å². The summed E-state index contributed by atoms with van der Waals surface area (Å²) < 4.78 is 0. The summed E-state index contributed by atoms with van der Waals surface area (Å²) in [7, 11) is 0. The molecule has 0 aliphatic heterocycles. The van der Waals surface area contributed by atoms with Crippen LogP contribution in [0.5, 0.6) is 0 Å². The zero-order valence-electron chi connectivity index (χ0n) is 8.15. The Hall–Kier alpha value is -0.980. The molecule has 0 radical (unpaired) electrons. The van der Waals surface area contributed by atoms with Crippen LogP contribution < -0.4 is 5.73 Å². The molecule has 0 saturated heterocycles. The fourth-order valence-corrected chi connectivity index (χ4v) is 1.54. The van der Waals surface area contributed by atoms with E-state index in [0.29, 0.717) is 5.92 Å². The van der Waals surface area contributed by atoms with Gasteiger partial charge in [0, 0.05) is 11.6 Å². The van der Waals surface area contributed by atoms with Crippen molar-refractivity contribution < 1.29 is 0 Å². The van der Waals surface area contributed by atoms with Crippen LogP contribution in [0.4, 0.5) is 0 Å². The van der Waals surface area contributed by atoms with Gasteiger partial charge in [-0.3, -0.25) is 0 Å². The van der Waals surface area contributed by atoms with E-state index < -0.39 is 0 Å². The highest BCUT2D eigenvalue weighted by molar-refractivity contribution is 5.37. The van der Waals surface area contributed by atoms with Gasteiger partial charge in [0.05, 0.1) is 0 Å². The normalized spacial score (nSPS) is 23.9. The van der Waals surface area contributed by atoms with Crippen LogP contribution >= 0.6 is 0 Å². The van der Waals surface area contributed by atoms with Gasteiger partial charge in [0.1, 0.15) is 0 Å². The minimum Gasteiger partial charge on any atom is -0.402 e. The van der Waals surface area contributed by atoms with Crippen LogP contribution in [0, 0.1) is 5.92 Å². The zero-order valence-corrected chi connectivity index (χ0v) is 8.15. The van der Waals surface area contributed by atoms with Gasteiger partial charge in [0.15, 0.2) is 0 Å². The van der Waals surface area contributed by atoms with Crippen molar-refractivity contribution in [1.82, 2.24) is 0 Å². The van der Waals surface area contributed by atoms with Crippen LogP contribution in [-0.2, 0) is 0 Å². The van der Waals surface area contributed by atoms with Gasteiger partial charge in [0.2, 0.25) is 0 Å². The second kappa shape index (κ2) is 3.18. The second-order valence-corrected chi connectivity index (χ2v) is 3.64. The molecule has 0 fully saturated rings. The summed E-state index contributed by atoms with van der Waals surface area (Å²) in [6, 6.07) is 0. The number of hydrogen-bond acceptors (Lipinski definition) is 1. The molecular formula is C11H17N. The Morgan fingerprint density at radius 3 is 2.50 bits per heavy atom. The maximum absolute atomic E-state index is 5.68. The fraction of sp³-hybridized carbons (Fsp3) is 0.455. The molecule has 1 nitrogen and oxygen atoms in total. The van der Waals surface area contributed by atoms with E-state index in [1.807, 2.05) is 0 Å². The molecule has 12 heavy (non-hydrogen) atoms. The quantitative estimate of drug-likeness (QED) is 0.632. The molecule has 2 N–H and O–H groups in total. The molecule has 0 spiro atoms. The van der Waals surface area contributed by atoms with Crippen LogP contribution in [0.1, 0.15) is 27.2 Å². The molecule has 0 aromatic carbocycles. The number of rotatable bonds is 1. The van der Waals surface area contributed by atoms with E-state index in [1.165, 1.54) is 16.7 Å². The predicted molar refractivity (Wildman–Crippen MR) is 53.6 cm³/mol. The minimum absolute atomic E-state index is 0.355. The number of hydrogen-bond donors (Lipinski definition) is 1. The molecule has 0 bridgehead atoms. The van der Waals surface area contributed by atoms with Crippen molar-refractivity contribution in [1.29, 1.82) is 0 Å². The molecule has 0 saturated carbocycles. The lowest BCUT2D eigenvalue weighted by molar-refractivity contribution is 0.712. The van der Waals surface area contributed by atoms with Crippen molar-refractivity contribution in [2.45, 2.75) is 27.2 Å². The summed E-state index contributed by atoms with van der Waals surface area (Å²) >= 11 is 0. The number of nitrogens with two attached hydrogens (primary N) is 1. The summed E-state index contributed by atoms with van der Waals surface area (Å²) in [5.41, 5.74) is 10.6. The van der Waals surface area contributed by atoms with Crippen molar-refractivity contribution in [3.8, 4) is 0 Å². The average molecular weight is 163 g/mol. The molecule has 1 rings (SSSR count). The van der Waals surface area contributed by atoms with Crippen molar-refractivity contribution in [2.75, 3.05) is 0 Å². The van der Waals surface area contributed by atoms with Crippen LogP contribution in [-0.4, -0.2) is 0 Å². The Kier molecular flexibility index (Phi) is 2.41. The molecule has 1 atom stereocenters. The number of allylic oxidation sites excluding steroid dienone is 4. The third-order valence-corrected chi connectivity index (χ3v) is 2.69. The van der Waals surface area contributed by atoms with Gasteiger partial charge in [-0.15, -0.1) is 0 Å². The van der Waals surface area contributed by atoms with E-state index in [-0.39, 0.29) is 0 Å². The fourth-order valence-electron chi connectivity index (χ4n) is 1.54. The largest absolute Gasteiger partial charge is 0.402 e. The van der Waals surface area contributed by atoms with Gasteiger partial charge < -0.3 is 5.73 Å². The van der Waals surface area contributed by atoms with E-state index in [1.54, 1.807) is 0 Å². The lowest BCUT2D eigenvalue weighted by Gasteiger charge is -2.22. The molecule has 0 aromatic heterocycles. The van der Waals surface area contributed by atoms with Crippen LogP contribution in [0.15, 0.2) is 35.1 Å². The first-order valence-corrected chi connectivity index (χ1v) is 4.31. The van der Waals surface area contributed by atoms with Gasteiger partial charge in [-0.1, -0.05) is 23.8 Å². The Morgan fingerprint density at radius 1 is 1.50 bits per heavy atom. The predicted octanol–water partition coefficient (Wildman–Crippen LogP) is 2.76. The van der Waals surface area contributed by atoms with E-state index in [9.17, 15) is 0 Å². The SMILES string of the molecule is C=C(N)C1C=C(C)C(C)=C(C)C1. The van der Waals surface area contributed by atoms with Gasteiger partial charge in [-0.2, -0.15) is 0 Å². The summed E-state index contributed by atoms with van der Waals surface area (Å²) in [6.07, 6.45) is 3.25. The van der Waals surface area contributed by atoms with E-state index in [2.05, 4.69) is 33.4 Å². The molecule has 1 aliphatic rings. The third kappa shape index (κ3) is 1.60. The van der Waals surface area contributed by atoms with Crippen molar-refractivity contribution in [3.05, 3.63) is 35.1 Å². The molecule has 1 aliphatic carbocycles.